The molecule has 21 heavy (non-hydrogen) atoms. The molecular weight excluding hydrogens is 272 g/mol. The highest BCUT2D eigenvalue weighted by Crippen LogP contribution is 2.23. The summed E-state index contributed by atoms with van der Waals surface area (Å²) in [4.78, 5) is 20.4. The molecule has 2 aromatic rings. The van der Waals surface area contributed by atoms with Crippen molar-refractivity contribution in [2.45, 2.75) is 6.92 Å². The molecule has 0 fully saturated rings. The van der Waals surface area contributed by atoms with Gasteiger partial charge < -0.3 is 14.9 Å². The number of carboxylic acid groups (broad SMARTS) is 2. The molecule has 5 heteroatoms. The molecule has 0 radical (unpaired) electrons. The molecule has 110 valence electrons. The first-order chi connectivity index (χ1) is 10.1. The zero-order chi connectivity index (χ0) is 15.7. The summed E-state index contributed by atoms with van der Waals surface area (Å²) in [6.07, 6.45) is -1.83. The summed E-state index contributed by atoms with van der Waals surface area (Å²) in [6.45, 7) is 2.20. The van der Waals surface area contributed by atoms with Gasteiger partial charge in [-0.2, -0.15) is 0 Å². The third kappa shape index (κ3) is 5.36. The highest BCUT2D eigenvalue weighted by Gasteiger charge is 2.12. The van der Waals surface area contributed by atoms with Gasteiger partial charge >= 0.3 is 12.1 Å². The van der Waals surface area contributed by atoms with Crippen molar-refractivity contribution >= 4 is 12.1 Å². The number of rotatable bonds is 3. The van der Waals surface area contributed by atoms with Crippen LogP contribution in [0.1, 0.15) is 17.3 Å². The topological polar surface area (TPSA) is 83.8 Å². The average molecular weight is 288 g/mol. The van der Waals surface area contributed by atoms with Crippen LogP contribution in [-0.2, 0) is 4.74 Å². The number of esters is 1. The molecule has 0 bridgehead atoms. The summed E-state index contributed by atoms with van der Waals surface area (Å²) >= 11 is 0. The quantitative estimate of drug-likeness (QED) is 0.840. The van der Waals surface area contributed by atoms with Gasteiger partial charge in [0.25, 0.3) is 0 Å². The van der Waals surface area contributed by atoms with Crippen LogP contribution in [0.4, 0.5) is 4.79 Å². The van der Waals surface area contributed by atoms with Gasteiger partial charge in [0.2, 0.25) is 0 Å². The fourth-order valence-electron chi connectivity index (χ4n) is 1.74. The Kier molecular flexibility index (Phi) is 6.47. The molecule has 5 nitrogen and oxygen atoms in total. The Balaban J connectivity index is 0.000000491. The molecule has 2 rings (SSSR count). The minimum Gasteiger partial charge on any atom is -0.462 e. The lowest BCUT2D eigenvalue weighted by molar-refractivity contribution is 0.0527. The van der Waals surface area contributed by atoms with Crippen LogP contribution in [0.25, 0.3) is 11.1 Å². The van der Waals surface area contributed by atoms with Crippen LogP contribution in [0.3, 0.4) is 0 Å². The van der Waals surface area contributed by atoms with Crippen molar-refractivity contribution in [1.82, 2.24) is 0 Å². The summed E-state index contributed by atoms with van der Waals surface area (Å²) in [5, 5.41) is 13.9. The summed E-state index contributed by atoms with van der Waals surface area (Å²) in [6, 6.07) is 17.3. The van der Waals surface area contributed by atoms with E-state index in [1.54, 1.807) is 6.07 Å². The molecule has 0 unspecified atom stereocenters. The summed E-state index contributed by atoms with van der Waals surface area (Å²) in [5.41, 5.74) is 2.54. The van der Waals surface area contributed by atoms with Gasteiger partial charge in [-0.05, 0) is 24.1 Å². The molecule has 0 saturated carbocycles. The minimum absolute atomic E-state index is 0.271. The third-order valence-corrected chi connectivity index (χ3v) is 2.51. The van der Waals surface area contributed by atoms with Gasteiger partial charge in [-0.25, -0.2) is 9.59 Å². The van der Waals surface area contributed by atoms with E-state index < -0.39 is 6.16 Å². The van der Waals surface area contributed by atoms with Gasteiger partial charge in [-0.1, -0.05) is 48.5 Å². The Morgan fingerprint density at radius 1 is 0.952 bits per heavy atom. The number of hydrogen-bond donors (Lipinski definition) is 2. The van der Waals surface area contributed by atoms with E-state index in [4.69, 9.17) is 19.7 Å². The molecule has 0 aromatic heterocycles. The second-order valence-electron chi connectivity index (χ2n) is 3.91. The molecule has 0 saturated heterocycles. The van der Waals surface area contributed by atoms with Gasteiger partial charge in [-0.3, -0.25) is 0 Å². The largest absolute Gasteiger partial charge is 0.503 e. The number of hydrogen-bond acceptors (Lipinski definition) is 3. The maximum absolute atomic E-state index is 11.8. The minimum atomic E-state index is -1.83. The fraction of sp³-hybridized carbons (Fsp3) is 0.125. The zero-order valence-corrected chi connectivity index (χ0v) is 11.5. The second kappa shape index (κ2) is 8.37. The van der Waals surface area contributed by atoms with E-state index in [0.29, 0.717) is 12.2 Å². The normalized spacial score (nSPS) is 9.19. The van der Waals surface area contributed by atoms with Crippen molar-refractivity contribution in [1.29, 1.82) is 0 Å². The number of ether oxygens (including phenoxy) is 1. The number of carbonyl (C=O) groups excluding carboxylic acids is 1. The first-order valence-corrected chi connectivity index (χ1v) is 6.29. The first kappa shape index (κ1) is 16.2. The lowest BCUT2D eigenvalue weighted by atomic mass is 10.00. The molecule has 2 N–H and O–H groups in total. The lowest BCUT2D eigenvalue weighted by Crippen LogP contribution is -2.06. The SMILES string of the molecule is CCOC(=O)c1ccccc1-c1ccccc1.O=C(O)O. The monoisotopic (exact) mass is 288 g/mol. The van der Waals surface area contributed by atoms with Crippen LogP contribution in [-0.4, -0.2) is 28.9 Å². The molecule has 0 aliphatic rings. The second-order valence-corrected chi connectivity index (χ2v) is 3.91. The predicted octanol–water partition coefficient (Wildman–Crippen LogP) is 3.75. The van der Waals surface area contributed by atoms with E-state index >= 15 is 0 Å². The lowest BCUT2D eigenvalue weighted by Gasteiger charge is -2.08. The smallest absolute Gasteiger partial charge is 0.462 e. The molecular formula is C16H16O5. The molecule has 0 aliphatic carbocycles. The Labute approximate surface area is 122 Å². The predicted molar refractivity (Wildman–Crippen MR) is 78.5 cm³/mol. The van der Waals surface area contributed by atoms with Crippen molar-refractivity contribution in [3.63, 3.8) is 0 Å². The standard InChI is InChI=1S/C15H14O2.CH2O3/c1-2-17-15(16)14-11-7-6-10-13(14)12-8-4-3-5-9-12;2-1(3)4/h3-11H,2H2,1H3;(H2,2,3,4). The van der Waals surface area contributed by atoms with E-state index in [0.717, 1.165) is 11.1 Å². The van der Waals surface area contributed by atoms with Crippen molar-refractivity contribution in [3.8, 4) is 11.1 Å². The molecule has 0 spiro atoms. The van der Waals surface area contributed by atoms with E-state index in [1.165, 1.54) is 0 Å². The molecule has 0 heterocycles. The summed E-state index contributed by atoms with van der Waals surface area (Å²) in [7, 11) is 0. The third-order valence-electron chi connectivity index (χ3n) is 2.51. The van der Waals surface area contributed by atoms with Gasteiger partial charge in [0.15, 0.2) is 0 Å². The highest BCUT2D eigenvalue weighted by molar-refractivity contribution is 5.97. The Hall–Kier alpha value is -2.82. The van der Waals surface area contributed by atoms with Crippen LogP contribution in [0.2, 0.25) is 0 Å². The van der Waals surface area contributed by atoms with Crippen LogP contribution in [0.15, 0.2) is 54.6 Å². The number of carbonyl (C=O) groups is 2. The van der Waals surface area contributed by atoms with Gasteiger partial charge in [0, 0.05) is 0 Å². The van der Waals surface area contributed by atoms with Crippen LogP contribution >= 0.6 is 0 Å². The van der Waals surface area contributed by atoms with E-state index in [2.05, 4.69) is 0 Å². The molecule has 0 atom stereocenters. The van der Waals surface area contributed by atoms with E-state index in [1.807, 2.05) is 55.5 Å². The van der Waals surface area contributed by atoms with E-state index in [-0.39, 0.29) is 5.97 Å². The Bertz CT molecular complexity index is 589. The van der Waals surface area contributed by atoms with E-state index in [9.17, 15) is 4.79 Å². The number of benzene rings is 2. The van der Waals surface area contributed by atoms with Crippen LogP contribution in [0, 0.1) is 0 Å². The first-order valence-electron chi connectivity index (χ1n) is 6.29. The molecule has 0 amide bonds. The highest BCUT2D eigenvalue weighted by atomic mass is 16.6. The van der Waals surface area contributed by atoms with Gasteiger partial charge in [-0.15, -0.1) is 0 Å². The molecule has 0 aliphatic heterocycles. The van der Waals surface area contributed by atoms with Gasteiger partial charge in [0.1, 0.15) is 0 Å². The summed E-state index contributed by atoms with van der Waals surface area (Å²) in [5.74, 6) is -0.271. The van der Waals surface area contributed by atoms with Crippen LogP contribution < -0.4 is 0 Å². The molecule has 2 aromatic carbocycles. The van der Waals surface area contributed by atoms with Crippen molar-refractivity contribution < 1.29 is 24.5 Å². The maximum Gasteiger partial charge on any atom is 0.503 e. The van der Waals surface area contributed by atoms with Crippen molar-refractivity contribution in [3.05, 3.63) is 60.2 Å². The van der Waals surface area contributed by atoms with Crippen molar-refractivity contribution in [2.24, 2.45) is 0 Å². The maximum atomic E-state index is 11.8. The Morgan fingerprint density at radius 2 is 1.48 bits per heavy atom. The van der Waals surface area contributed by atoms with Crippen LogP contribution in [0.5, 0.6) is 0 Å². The van der Waals surface area contributed by atoms with Crippen molar-refractivity contribution in [2.75, 3.05) is 6.61 Å². The zero-order valence-electron chi connectivity index (χ0n) is 11.5. The Morgan fingerprint density at radius 3 is 2.05 bits per heavy atom. The average Bonchev–Trinajstić information content (AvgIpc) is 2.48. The van der Waals surface area contributed by atoms with Gasteiger partial charge in [0.05, 0.1) is 12.2 Å². The summed E-state index contributed by atoms with van der Waals surface area (Å²) < 4.78 is 5.05. The fourth-order valence-corrected chi connectivity index (χ4v) is 1.74.